The summed E-state index contributed by atoms with van der Waals surface area (Å²) in [6.07, 6.45) is 0. The lowest BCUT2D eigenvalue weighted by atomic mass is 10.3. The van der Waals surface area contributed by atoms with Gasteiger partial charge in [0.15, 0.2) is 0 Å². The van der Waals surface area contributed by atoms with Crippen LogP contribution in [-0.4, -0.2) is 18.0 Å². The minimum absolute atomic E-state index is 0.209. The van der Waals surface area contributed by atoms with Crippen molar-refractivity contribution in [2.24, 2.45) is 0 Å². The Bertz CT molecular complexity index is 733. The average molecular weight is 316 g/mol. The first-order chi connectivity index (χ1) is 10.3. The van der Waals surface area contributed by atoms with E-state index in [9.17, 15) is 4.79 Å². The zero-order valence-electron chi connectivity index (χ0n) is 11.2. The van der Waals surface area contributed by atoms with Crippen LogP contribution >= 0.6 is 22.7 Å². The van der Waals surface area contributed by atoms with Crippen LogP contribution in [0.4, 0.5) is 5.69 Å². The van der Waals surface area contributed by atoms with Crippen LogP contribution in [0.15, 0.2) is 47.2 Å². The van der Waals surface area contributed by atoms with E-state index in [4.69, 9.17) is 4.74 Å². The van der Waals surface area contributed by atoms with Gasteiger partial charge in [0.25, 0.3) is 5.91 Å². The van der Waals surface area contributed by atoms with Gasteiger partial charge < -0.3 is 10.1 Å². The molecule has 0 saturated heterocycles. The fraction of sp³-hybridized carbons (Fsp3) is 0.0667. The van der Waals surface area contributed by atoms with Crippen molar-refractivity contribution in [3.63, 3.8) is 0 Å². The molecule has 21 heavy (non-hydrogen) atoms. The van der Waals surface area contributed by atoms with Crippen LogP contribution < -0.4 is 10.1 Å². The Kier molecular flexibility index (Phi) is 3.98. The molecule has 1 N–H and O–H groups in total. The molecule has 0 radical (unpaired) electrons. The molecular formula is C15H12N2O2S2. The summed E-state index contributed by atoms with van der Waals surface area (Å²) in [6, 6.07) is 11.2. The SMILES string of the molecule is COc1ccc(NC(=O)c2csc(-c3cccs3)n2)cc1. The van der Waals surface area contributed by atoms with E-state index < -0.39 is 0 Å². The molecule has 4 nitrogen and oxygen atoms in total. The van der Waals surface area contributed by atoms with Gasteiger partial charge >= 0.3 is 0 Å². The molecule has 0 unspecified atom stereocenters. The second kappa shape index (κ2) is 6.07. The summed E-state index contributed by atoms with van der Waals surface area (Å²) < 4.78 is 5.08. The number of carbonyl (C=O) groups excluding carboxylic acids is 1. The lowest BCUT2D eigenvalue weighted by molar-refractivity contribution is 0.102. The van der Waals surface area contributed by atoms with Crippen LogP contribution in [0.5, 0.6) is 5.75 Å². The number of thiazole rings is 1. The number of nitrogens with zero attached hydrogens (tertiary/aromatic N) is 1. The van der Waals surface area contributed by atoms with Gasteiger partial charge in [-0.15, -0.1) is 22.7 Å². The summed E-state index contributed by atoms with van der Waals surface area (Å²) in [7, 11) is 1.61. The highest BCUT2D eigenvalue weighted by Crippen LogP contribution is 2.28. The molecule has 3 rings (SSSR count). The molecule has 0 atom stereocenters. The Morgan fingerprint density at radius 2 is 2.00 bits per heavy atom. The number of anilines is 1. The third-order valence-corrected chi connectivity index (χ3v) is 4.70. The van der Waals surface area contributed by atoms with Gasteiger partial charge in [-0.2, -0.15) is 0 Å². The van der Waals surface area contributed by atoms with Crippen LogP contribution in [-0.2, 0) is 0 Å². The highest BCUT2D eigenvalue weighted by atomic mass is 32.1. The summed E-state index contributed by atoms with van der Waals surface area (Å²) in [5.74, 6) is 0.542. The van der Waals surface area contributed by atoms with E-state index >= 15 is 0 Å². The number of rotatable bonds is 4. The Labute approximate surface area is 130 Å². The second-order valence-electron chi connectivity index (χ2n) is 4.20. The fourth-order valence-electron chi connectivity index (χ4n) is 1.76. The first kappa shape index (κ1) is 13.8. The zero-order valence-corrected chi connectivity index (χ0v) is 12.8. The second-order valence-corrected chi connectivity index (χ2v) is 6.00. The molecule has 6 heteroatoms. The topological polar surface area (TPSA) is 51.2 Å². The summed E-state index contributed by atoms with van der Waals surface area (Å²) in [6.45, 7) is 0. The highest BCUT2D eigenvalue weighted by Gasteiger charge is 2.12. The van der Waals surface area contributed by atoms with E-state index in [0.717, 1.165) is 15.6 Å². The van der Waals surface area contributed by atoms with Crippen LogP contribution in [0.2, 0.25) is 0 Å². The van der Waals surface area contributed by atoms with Gasteiger partial charge in [-0.1, -0.05) is 6.07 Å². The predicted octanol–water partition coefficient (Wildman–Crippen LogP) is 4.13. The molecule has 0 aliphatic rings. The van der Waals surface area contributed by atoms with E-state index in [2.05, 4.69) is 10.3 Å². The monoisotopic (exact) mass is 316 g/mol. The Morgan fingerprint density at radius 3 is 2.67 bits per heavy atom. The normalized spacial score (nSPS) is 10.3. The van der Waals surface area contributed by atoms with Gasteiger partial charge in [-0.05, 0) is 35.7 Å². The predicted molar refractivity (Wildman–Crippen MR) is 86.4 cm³/mol. The van der Waals surface area contributed by atoms with Crippen molar-refractivity contribution in [3.05, 3.63) is 52.9 Å². The summed E-state index contributed by atoms with van der Waals surface area (Å²) in [5, 5.41) is 7.45. The summed E-state index contributed by atoms with van der Waals surface area (Å²) in [4.78, 5) is 17.6. The number of methoxy groups -OCH3 is 1. The largest absolute Gasteiger partial charge is 0.497 e. The minimum Gasteiger partial charge on any atom is -0.497 e. The van der Waals surface area contributed by atoms with E-state index in [-0.39, 0.29) is 5.91 Å². The Morgan fingerprint density at radius 1 is 1.19 bits per heavy atom. The lowest BCUT2D eigenvalue weighted by Crippen LogP contribution is -2.12. The summed E-state index contributed by atoms with van der Waals surface area (Å²) >= 11 is 3.08. The van der Waals surface area contributed by atoms with Gasteiger partial charge in [0.2, 0.25) is 0 Å². The van der Waals surface area contributed by atoms with Crippen LogP contribution in [0.1, 0.15) is 10.5 Å². The van der Waals surface area contributed by atoms with Gasteiger partial charge in [0.1, 0.15) is 16.5 Å². The molecule has 2 heterocycles. The maximum atomic E-state index is 12.2. The van der Waals surface area contributed by atoms with Crippen molar-refractivity contribution in [1.82, 2.24) is 4.98 Å². The van der Waals surface area contributed by atoms with E-state index in [0.29, 0.717) is 11.4 Å². The standard InChI is InChI=1S/C15H12N2O2S2/c1-19-11-6-4-10(5-7-11)16-14(18)12-9-21-15(17-12)13-3-2-8-20-13/h2-9H,1H3,(H,16,18). The lowest BCUT2D eigenvalue weighted by Gasteiger charge is -2.04. The zero-order chi connectivity index (χ0) is 14.7. The molecule has 1 aromatic carbocycles. The van der Waals surface area contributed by atoms with Gasteiger partial charge in [0, 0.05) is 11.1 Å². The molecular weight excluding hydrogens is 304 g/mol. The van der Waals surface area contributed by atoms with Crippen LogP contribution in [0, 0.1) is 0 Å². The number of aromatic nitrogens is 1. The van der Waals surface area contributed by atoms with Crippen molar-refractivity contribution in [3.8, 4) is 15.6 Å². The van der Waals surface area contributed by atoms with Crippen LogP contribution in [0.3, 0.4) is 0 Å². The third-order valence-electron chi connectivity index (χ3n) is 2.82. The molecule has 0 saturated carbocycles. The Hall–Kier alpha value is -2.18. The molecule has 0 spiro atoms. The molecule has 106 valence electrons. The first-order valence-electron chi connectivity index (χ1n) is 6.21. The van der Waals surface area contributed by atoms with Gasteiger partial charge in [-0.3, -0.25) is 4.79 Å². The summed E-state index contributed by atoms with van der Waals surface area (Å²) in [5.41, 5.74) is 1.14. The number of ether oxygens (including phenoxy) is 1. The van der Waals surface area contributed by atoms with Crippen LogP contribution in [0.25, 0.3) is 9.88 Å². The molecule has 0 aliphatic heterocycles. The first-order valence-corrected chi connectivity index (χ1v) is 7.97. The minimum atomic E-state index is -0.209. The van der Waals surface area contributed by atoms with E-state index in [1.54, 1.807) is 48.1 Å². The number of amides is 1. The van der Waals surface area contributed by atoms with Crippen molar-refractivity contribution in [1.29, 1.82) is 0 Å². The third kappa shape index (κ3) is 3.12. The van der Waals surface area contributed by atoms with Gasteiger partial charge in [-0.25, -0.2) is 4.98 Å². The fourth-order valence-corrected chi connectivity index (χ4v) is 3.38. The number of thiophene rings is 1. The number of nitrogens with one attached hydrogen (secondary N) is 1. The average Bonchev–Trinajstić information content (AvgIpc) is 3.19. The number of benzene rings is 1. The number of hydrogen-bond donors (Lipinski definition) is 1. The molecule has 3 aromatic rings. The quantitative estimate of drug-likeness (QED) is 0.787. The molecule has 0 bridgehead atoms. The smallest absolute Gasteiger partial charge is 0.275 e. The maximum absolute atomic E-state index is 12.2. The number of hydrogen-bond acceptors (Lipinski definition) is 5. The van der Waals surface area contributed by atoms with Crippen molar-refractivity contribution in [2.45, 2.75) is 0 Å². The van der Waals surface area contributed by atoms with E-state index in [1.165, 1.54) is 11.3 Å². The molecule has 0 aliphatic carbocycles. The molecule has 1 amide bonds. The Balaban J connectivity index is 1.73. The maximum Gasteiger partial charge on any atom is 0.275 e. The van der Waals surface area contributed by atoms with Crippen molar-refractivity contribution < 1.29 is 9.53 Å². The highest BCUT2D eigenvalue weighted by molar-refractivity contribution is 7.20. The van der Waals surface area contributed by atoms with Crippen molar-refractivity contribution >= 4 is 34.3 Å². The number of carbonyl (C=O) groups is 1. The van der Waals surface area contributed by atoms with E-state index in [1.807, 2.05) is 17.5 Å². The van der Waals surface area contributed by atoms with Gasteiger partial charge in [0.05, 0.1) is 12.0 Å². The van der Waals surface area contributed by atoms with Crippen molar-refractivity contribution in [2.75, 3.05) is 12.4 Å². The molecule has 0 fully saturated rings. The molecule has 2 aromatic heterocycles.